The summed E-state index contributed by atoms with van der Waals surface area (Å²) in [4.78, 5) is 47.0. The van der Waals surface area contributed by atoms with Crippen molar-refractivity contribution in [2.75, 3.05) is 17.7 Å². The summed E-state index contributed by atoms with van der Waals surface area (Å²) in [5.41, 5.74) is 8.50. The number of carbonyl (C=O) groups is 3. The Kier molecular flexibility index (Phi) is 7.47. The molecule has 4 amide bonds. The quantitative estimate of drug-likeness (QED) is 0.460. The van der Waals surface area contributed by atoms with Crippen LogP contribution in [0.5, 0.6) is 0 Å². The minimum atomic E-state index is -1.04. The van der Waals surface area contributed by atoms with E-state index in [1.165, 1.54) is 15.6 Å². The molecule has 0 bridgehead atoms. The van der Waals surface area contributed by atoms with E-state index in [9.17, 15) is 18.8 Å². The van der Waals surface area contributed by atoms with Crippen molar-refractivity contribution in [3.8, 4) is 0 Å². The number of imide groups is 1. The van der Waals surface area contributed by atoms with E-state index in [1.807, 2.05) is 13.0 Å². The molecule has 2 aromatic heterocycles. The molecule has 0 radical (unpaired) electrons. The number of β-lactam (4-membered cyclic amide) rings is 1. The van der Waals surface area contributed by atoms with Crippen LogP contribution in [0.1, 0.15) is 41.8 Å². The fraction of sp³-hybridized carbons (Fsp3) is 0.370. The van der Waals surface area contributed by atoms with Gasteiger partial charge in [-0.3, -0.25) is 24.1 Å². The fourth-order valence-corrected chi connectivity index (χ4v) is 4.93. The molecule has 0 aliphatic carbocycles. The number of likely N-dealkylation sites (N-methyl/N-ethyl adjacent to an activating group) is 1. The second-order valence-corrected chi connectivity index (χ2v) is 9.63. The summed E-state index contributed by atoms with van der Waals surface area (Å²) in [6.45, 7) is 5.32. The zero-order chi connectivity index (χ0) is 27.7. The molecule has 1 fully saturated rings. The van der Waals surface area contributed by atoms with Crippen molar-refractivity contribution in [3.05, 3.63) is 70.8 Å². The van der Waals surface area contributed by atoms with Crippen molar-refractivity contribution in [1.82, 2.24) is 25.0 Å². The molecule has 1 saturated heterocycles. The number of pyridine rings is 1. The largest absolute Gasteiger partial charge is 0.384 e. The van der Waals surface area contributed by atoms with Crippen LogP contribution in [0, 0.1) is 25.6 Å². The lowest BCUT2D eigenvalue weighted by Crippen LogP contribution is -2.70. The van der Waals surface area contributed by atoms with Gasteiger partial charge < -0.3 is 11.1 Å². The second-order valence-electron chi connectivity index (χ2n) is 9.63. The smallest absolute Gasteiger partial charge is 0.325 e. The van der Waals surface area contributed by atoms with Crippen LogP contribution in [0.15, 0.2) is 42.6 Å². The predicted octanol–water partition coefficient (Wildman–Crippen LogP) is 3.05. The zero-order valence-electron chi connectivity index (χ0n) is 22.1. The number of nitrogens with zero attached hydrogens (tertiary/aromatic N) is 5. The number of hydrogen-bond donors (Lipinski definition) is 2. The summed E-state index contributed by atoms with van der Waals surface area (Å²) in [6, 6.07) is 7.58. The van der Waals surface area contributed by atoms with Gasteiger partial charge in [0, 0.05) is 25.9 Å². The molecule has 3 N–H and O–H groups in total. The molecule has 38 heavy (non-hydrogen) atoms. The number of halogens is 1. The van der Waals surface area contributed by atoms with Crippen molar-refractivity contribution < 1.29 is 18.8 Å². The zero-order valence-corrected chi connectivity index (χ0v) is 22.1. The maximum Gasteiger partial charge on any atom is 0.325 e. The van der Waals surface area contributed by atoms with E-state index < -0.39 is 35.8 Å². The van der Waals surface area contributed by atoms with Gasteiger partial charge in [-0.05, 0) is 61.6 Å². The number of likely N-dealkylation sites (tertiary alicyclic amines) is 1. The first-order chi connectivity index (χ1) is 18.0. The van der Waals surface area contributed by atoms with Gasteiger partial charge in [-0.15, -0.1) is 0 Å². The highest BCUT2D eigenvalue weighted by molar-refractivity contribution is 6.12. The van der Waals surface area contributed by atoms with Gasteiger partial charge in [0.2, 0.25) is 5.91 Å². The van der Waals surface area contributed by atoms with Crippen LogP contribution in [0.2, 0.25) is 0 Å². The Morgan fingerprint density at radius 2 is 1.95 bits per heavy atom. The molecule has 1 aliphatic heterocycles. The Morgan fingerprint density at radius 1 is 1.21 bits per heavy atom. The van der Waals surface area contributed by atoms with Gasteiger partial charge in [0.25, 0.3) is 5.91 Å². The van der Waals surface area contributed by atoms with Gasteiger partial charge in [-0.2, -0.15) is 5.10 Å². The number of nitrogen functional groups attached to an aromatic ring is 1. The second kappa shape index (κ2) is 10.6. The van der Waals surface area contributed by atoms with Crippen LogP contribution in [0.4, 0.5) is 20.8 Å². The van der Waals surface area contributed by atoms with Crippen molar-refractivity contribution in [3.63, 3.8) is 0 Å². The molecule has 4 rings (SSSR count). The summed E-state index contributed by atoms with van der Waals surface area (Å²) in [7, 11) is 3.28. The normalized spacial score (nSPS) is 17.6. The van der Waals surface area contributed by atoms with Crippen molar-refractivity contribution >= 4 is 29.5 Å². The van der Waals surface area contributed by atoms with E-state index in [-0.39, 0.29) is 12.2 Å². The highest BCUT2D eigenvalue weighted by Crippen LogP contribution is 2.33. The average Bonchev–Trinajstić information content (AvgIpc) is 3.30. The van der Waals surface area contributed by atoms with E-state index in [1.54, 1.807) is 58.4 Å². The van der Waals surface area contributed by atoms with E-state index in [4.69, 9.17) is 5.73 Å². The highest BCUT2D eigenvalue weighted by Gasteiger charge is 2.55. The number of nitrogens with one attached hydrogen (secondary N) is 1. The molecule has 0 spiro atoms. The average molecular weight is 522 g/mol. The maximum atomic E-state index is 13.8. The number of carbonyl (C=O) groups excluding carboxylic acids is 3. The Hall–Kier alpha value is -4.28. The summed E-state index contributed by atoms with van der Waals surface area (Å²) < 4.78 is 15.3. The first kappa shape index (κ1) is 26.8. The lowest BCUT2D eigenvalue weighted by atomic mass is 9.81. The van der Waals surface area contributed by atoms with Crippen LogP contribution in [-0.2, 0) is 23.1 Å². The number of amides is 4. The predicted molar refractivity (Wildman–Crippen MR) is 141 cm³/mol. The Morgan fingerprint density at radius 3 is 2.55 bits per heavy atom. The minimum absolute atomic E-state index is 0.222. The molecular formula is C27H32FN7O3. The standard InChI is InChI=1S/C27H32FN7O3/c1-6-21(18-7-8-20(28)15(2)11-18)32-27(38)35-24(26(37)33(4)23-9-10-30-34(23)5)19(25(35)36)13-17-12-16(3)31-22(29)14-17/h7-12,14,19,21,24H,6,13H2,1-5H3,(H2,29,31)(H,32,38)/t19-,21?,24+/m1/s1. The fourth-order valence-electron chi connectivity index (χ4n) is 4.93. The molecule has 3 heterocycles. The Balaban J connectivity index is 1.62. The topological polar surface area (TPSA) is 126 Å². The van der Waals surface area contributed by atoms with Crippen LogP contribution in [-0.4, -0.2) is 50.6 Å². The SMILES string of the molecule is CCC(NC(=O)N1C(=O)[C@H](Cc2cc(C)nc(N)c2)[C@H]1C(=O)N(C)c1ccnn1C)c1ccc(F)c(C)c1. The lowest BCUT2D eigenvalue weighted by molar-refractivity contribution is -0.156. The van der Waals surface area contributed by atoms with Crippen LogP contribution < -0.4 is 16.0 Å². The highest BCUT2D eigenvalue weighted by atomic mass is 19.1. The first-order valence-electron chi connectivity index (χ1n) is 12.4. The first-order valence-corrected chi connectivity index (χ1v) is 12.4. The van der Waals surface area contributed by atoms with Crippen LogP contribution in [0.3, 0.4) is 0 Å². The van der Waals surface area contributed by atoms with Crippen molar-refractivity contribution in [1.29, 1.82) is 0 Å². The molecule has 10 nitrogen and oxygen atoms in total. The van der Waals surface area contributed by atoms with Crippen molar-refractivity contribution in [2.24, 2.45) is 13.0 Å². The summed E-state index contributed by atoms with van der Waals surface area (Å²) >= 11 is 0. The molecule has 1 aliphatic rings. The summed E-state index contributed by atoms with van der Waals surface area (Å²) in [5, 5.41) is 6.97. The Labute approximate surface area is 220 Å². The van der Waals surface area contributed by atoms with Gasteiger partial charge in [0.05, 0.1) is 18.2 Å². The molecule has 0 saturated carbocycles. The van der Waals surface area contributed by atoms with Crippen LogP contribution in [0.25, 0.3) is 0 Å². The minimum Gasteiger partial charge on any atom is -0.384 e. The number of benzene rings is 1. The molecule has 1 aromatic carbocycles. The molecule has 11 heteroatoms. The molecule has 1 unspecified atom stereocenters. The number of rotatable bonds is 7. The van der Waals surface area contributed by atoms with Gasteiger partial charge in [-0.1, -0.05) is 19.1 Å². The number of urea groups is 1. The van der Waals surface area contributed by atoms with E-state index in [2.05, 4.69) is 15.4 Å². The number of nitrogens with two attached hydrogens (primary N) is 1. The van der Waals surface area contributed by atoms with Crippen molar-refractivity contribution in [2.45, 2.75) is 45.7 Å². The number of aromatic nitrogens is 3. The molecule has 3 aromatic rings. The van der Waals surface area contributed by atoms with Gasteiger partial charge in [0.15, 0.2) is 0 Å². The lowest BCUT2D eigenvalue weighted by Gasteiger charge is -2.46. The Bertz CT molecular complexity index is 1370. The van der Waals surface area contributed by atoms with Gasteiger partial charge in [0.1, 0.15) is 23.5 Å². The maximum absolute atomic E-state index is 13.8. The van der Waals surface area contributed by atoms with E-state index >= 15 is 0 Å². The summed E-state index contributed by atoms with van der Waals surface area (Å²) in [6.07, 6.45) is 2.29. The molecular weight excluding hydrogens is 489 g/mol. The molecule has 3 atom stereocenters. The number of anilines is 2. The van der Waals surface area contributed by atoms with Crippen LogP contribution >= 0.6 is 0 Å². The third-order valence-electron chi connectivity index (χ3n) is 6.93. The number of aryl methyl sites for hydroxylation is 3. The van der Waals surface area contributed by atoms with Gasteiger partial charge in [-0.25, -0.2) is 14.2 Å². The van der Waals surface area contributed by atoms with E-state index in [0.29, 0.717) is 34.9 Å². The molecule has 200 valence electrons. The van der Waals surface area contributed by atoms with Gasteiger partial charge >= 0.3 is 6.03 Å². The third kappa shape index (κ3) is 5.09. The number of hydrogen-bond acceptors (Lipinski definition) is 6. The monoisotopic (exact) mass is 521 g/mol. The summed E-state index contributed by atoms with van der Waals surface area (Å²) in [5.74, 6) is -1.15. The van der Waals surface area contributed by atoms with E-state index in [0.717, 1.165) is 10.5 Å². The third-order valence-corrected chi connectivity index (χ3v) is 6.93.